The van der Waals surface area contributed by atoms with Gasteiger partial charge in [-0.2, -0.15) is 0 Å². The van der Waals surface area contributed by atoms with Crippen molar-refractivity contribution in [1.82, 2.24) is 5.32 Å². The van der Waals surface area contributed by atoms with Crippen LogP contribution in [0, 0.1) is 0 Å². The van der Waals surface area contributed by atoms with Crippen LogP contribution in [0.3, 0.4) is 0 Å². The van der Waals surface area contributed by atoms with Gasteiger partial charge in [-0.1, -0.05) is 0 Å². The molecule has 0 aromatic heterocycles. The number of methoxy groups -OCH3 is 2. The summed E-state index contributed by atoms with van der Waals surface area (Å²) in [5, 5.41) is 13.9. The van der Waals surface area contributed by atoms with Crippen molar-refractivity contribution in [1.29, 1.82) is 0 Å². The summed E-state index contributed by atoms with van der Waals surface area (Å²) in [6.45, 7) is 3.71. The first-order valence-corrected chi connectivity index (χ1v) is 12.1. The van der Waals surface area contributed by atoms with Gasteiger partial charge in [-0.05, 0) is 56.1 Å². The van der Waals surface area contributed by atoms with Gasteiger partial charge in [0.15, 0.2) is 6.29 Å². The molecule has 0 heterocycles. The summed E-state index contributed by atoms with van der Waals surface area (Å²) in [5.41, 5.74) is 2.37. The van der Waals surface area contributed by atoms with Crippen molar-refractivity contribution in [2.45, 2.75) is 6.92 Å². The number of halogens is 2. The zero-order chi connectivity index (χ0) is 26.0. The Balaban J connectivity index is 2.50. The van der Waals surface area contributed by atoms with E-state index in [1.807, 2.05) is 6.07 Å². The molecule has 0 spiro atoms. The molecule has 2 N–H and O–H groups in total. The lowest BCUT2D eigenvalue weighted by atomic mass is 10.1. The third-order valence-electron chi connectivity index (χ3n) is 4.87. The van der Waals surface area contributed by atoms with Gasteiger partial charge < -0.3 is 25.0 Å². The third-order valence-corrected chi connectivity index (χ3v) is 6.27. The Hall–Kier alpha value is -2.67. The number of nitrogens with zero attached hydrogens (tertiary/aromatic N) is 3. The fraction of sp³-hybridized carbons (Fsp3) is 0.348. The van der Waals surface area contributed by atoms with E-state index in [0.29, 0.717) is 58.6 Å². The van der Waals surface area contributed by atoms with Gasteiger partial charge in [0.25, 0.3) is 5.91 Å². The Morgan fingerprint density at radius 2 is 1.74 bits per heavy atom. The molecule has 0 atom stereocenters. The van der Waals surface area contributed by atoms with Gasteiger partial charge in [-0.15, -0.1) is 10.2 Å². The van der Waals surface area contributed by atoms with Crippen LogP contribution >= 0.6 is 31.9 Å². The number of carbonyl (C=O) groups excluding carboxylic acids is 3. The second-order valence-corrected chi connectivity index (χ2v) is 8.88. The van der Waals surface area contributed by atoms with Crippen LogP contribution in [0.15, 0.2) is 43.4 Å². The molecule has 0 unspecified atom stereocenters. The molecule has 0 aliphatic rings. The number of hydrogen-bond acceptors (Lipinski definition) is 8. The normalized spacial score (nSPS) is 10.9. The van der Waals surface area contributed by atoms with Crippen molar-refractivity contribution >= 4 is 72.7 Å². The van der Waals surface area contributed by atoms with E-state index in [1.165, 1.54) is 20.0 Å². The molecule has 2 amide bonds. The lowest BCUT2D eigenvalue weighted by molar-refractivity contribution is -0.114. The zero-order valence-corrected chi connectivity index (χ0v) is 23.0. The Morgan fingerprint density at radius 3 is 2.29 bits per heavy atom. The number of benzene rings is 2. The quantitative estimate of drug-likeness (QED) is 0.261. The minimum atomic E-state index is -0.410. The highest BCUT2D eigenvalue weighted by atomic mass is 79.9. The fourth-order valence-corrected chi connectivity index (χ4v) is 4.50. The van der Waals surface area contributed by atoms with Crippen LogP contribution in [0.25, 0.3) is 0 Å². The number of rotatable bonds is 12. The van der Waals surface area contributed by atoms with Gasteiger partial charge in [0.1, 0.15) is 11.4 Å². The van der Waals surface area contributed by atoms with Crippen LogP contribution in [0.1, 0.15) is 27.6 Å². The van der Waals surface area contributed by atoms with Gasteiger partial charge in [0.05, 0.1) is 28.9 Å². The summed E-state index contributed by atoms with van der Waals surface area (Å²) in [6.07, 6.45) is 0.576. The molecule has 2 rings (SSSR count). The average Bonchev–Trinajstić information content (AvgIpc) is 2.83. The molecule has 12 heteroatoms. The highest BCUT2D eigenvalue weighted by Crippen LogP contribution is 2.40. The molecule has 0 radical (unpaired) electrons. The highest BCUT2D eigenvalue weighted by Gasteiger charge is 2.19. The van der Waals surface area contributed by atoms with Crippen molar-refractivity contribution in [3.05, 3.63) is 44.3 Å². The molecule has 0 aliphatic heterocycles. The lowest BCUT2D eigenvalue weighted by Gasteiger charge is -2.25. The molecule has 2 aromatic rings. The number of carbonyl (C=O) groups is 3. The second-order valence-electron chi connectivity index (χ2n) is 7.23. The van der Waals surface area contributed by atoms with Gasteiger partial charge >= 0.3 is 0 Å². The molecular formula is C23H27Br2N5O5. The fourth-order valence-electron chi connectivity index (χ4n) is 3.13. The van der Waals surface area contributed by atoms with Crippen LogP contribution in [0.2, 0.25) is 0 Å². The van der Waals surface area contributed by atoms with E-state index in [2.05, 4.69) is 57.6 Å². The number of hydrogen-bond donors (Lipinski definition) is 2. The highest BCUT2D eigenvalue weighted by molar-refractivity contribution is 9.11. The Kier molecular flexibility index (Phi) is 11.4. The molecule has 0 saturated heterocycles. The topological polar surface area (TPSA) is 122 Å². The first kappa shape index (κ1) is 28.6. The summed E-state index contributed by atoms with van der Waals surface area (Å²) in [4.78, 5) is 37.7. The van der Waals surface area contributed by atoms with Crippen molar-refractivity contribution in [2.24, 2.45) is 10.2 Å². The summed E-state index contributed by atoms with van der Waals surface area (Å²) in [6, 6.07) is 6.90. The number of ether oxygens (including phenoxy) is 2. The van der Waals surface area contributed by atoms with Crippen LogP contribution in [-0.2, 0) is 14.3 Å². The molecule has 0 aliphatic carbocycles. The van der Waals surface area contributed by atoms with Crippen LogP contribution in [-0.4, -0.2) is 65.7 Å². The van der Waals surface area contributed by atoms with E-state index < -0.39 is 5.91 Å². The van der Waals surface area contributed by atoms with Crippen molar-refractivity contribution in [3.63, 3.8) is 0 Å². The molecule has 0 fully saturated rings. The molecule has 2 aromatic carbocycles. The van der Waals surface area contributed by atoms with Gasteiger partial charge in [-0.3, -0.25) is 14.4 Å². The molecule has 0 saturated carbocycles. The Labute approximate surface area is 220 Å². The minimum Gasteiger partial charge on any atom is -0.383 e. The van der Waals surface area contributed by atoms with Crippen molar-refractivity contribution < 1.29 is 23.9 Å². The summed E-state index contributed by atoms with van der Waals surface area (Å²) >= 11 is 6.75. The van der Waals surface area contributed by atoms with E-state index in [-0.39, 0.29) is 17.0 Å². The van der Waals surface area contributed by atoms with Crippen molar-refractivity contribution in [2.75, 3.05) is 57.8 Å². The van der Waals surface area contributed by atoms with Crippen LogP contribution in [0.5, 0.6) is 0 Å². The molecule has 0 bridgehead atoms. The van der Waals surface area contributed by atoms with Gasteiger partial charge in [0.2, 0.25) is 5.91 Å². The molecule has 35 heavy (non-hydrogen) atoms. The smallest absolute Gasteiger partial charge is 0.251 e. The van der Waals surface area contributed by atoms with E-state index in [0.717, 1.165) is 5.69 Å². The minimum absolute atomic E-state index is 0.144. The maximum Gasteiger partial charge on any atom is 0.251 e. The lowest BCUT2D eigenvalue weighted by Crippen LogP contribution is -2.30. The SMILES string of the molecule is CNC(=O)c1cc(Br)c(N=Nc2ccc(N(CCOC)CCOC)cc2NC(C)=O)c(Br)c1C=O. The Bertz CT molecular complexity index is 1100. The maximum atomic E-state index is 12.1. The zero-order valence-electron chi connectivity index (χ0n) is 19.9. The molecule has 188 valence electrons. The van der Waals surface area contributed by atoms with Crippen LogP contribution in [0.4, 0.5) is 22.7 Å². The summed E-state index contributed by atoms with van der Waals surface area (Å²) in [5.74, 6) is -0.675. The van der Waals surface area contributed by atoms with Gasteiger partial charge in [-0.25, -0.2) is 0 Å². The Morgan fingerprint density at radius 1 is 1.09 bits per heavy atom. The molecule has 10 nitrogen and oxygen atoms in total. The first-order valence-electron chi connectivity index (χ1n) is 10.5. The number of nitrogens with one attached hydrogen (secondary N) is 2. The predicted octanol–water partition coefficient (Wildman–Crippen LogP) is 4.86. The van der Waals surface area contributed by atoms with E-state index in [9.17, 15) is 14.4 Å². The summed E-state index contributed by atoms with van der Waals surface area (Å²) in [7, 11) is 4.74. The summed E-state index contributed by atoms with van der Waals surface area (Å²) < 4.78 is 11.2. The second kappa shape index (κ2) is 14.0. The standard InChI is InChI=1S/C23H27Br2N5O5/c1-14(32)27-20-11-15(30(7-9-34-3)8-10-35-4)5-6-19(20)28-29-22-18(24)12-16(23(33)26-2)17(13-31)21(22)25/h5-6,11-13H,7-10H2,1-4H3,(H,26,33)(H,27,32). The van der Waals surface area contributed by atoms with Gasteiger partial charge in [0, 0.05) is 57.0 Å². The monoisotopic (exact) mass is 611 g/mol. The van der Waals surface area contributed by atoms with E-state index >= 15 is 0 Å². The number of aldehydes is 1. The number of anilines is 2. The first-order chi connectivity index (χ1) is 16.8. The number of azo groups is 1. The average molecular weight is 613 g/mol. The largest absolute Gasteiger partial charge is 0.383 e. The maximum absolute atomic E-state index is 12.1. The molecular weight excluding hydrogens is 586 g/mol. The third kappa shape index (κ3) is 7.66. The van der Waals surface area contributed by atoms with E-state index in [1.54, 1.807) is 26.4 Å². The van der Waals surface area contributed by atoms with Crippen molar-refractivity contribution in [3.8, 4) is 0 Å². The predicted molar refractivity (Wildman–Crippen MR) is 142 cm³/mol. The number of amides is 2. The van der Waals surface area contributed by atoms with Crippen LogP contribution < -0.4 is 15.5 Å². The van der Waals surface area contributed by atoms with E-state index in [4.69, 9.17) is 9.47 Å².